The average Bonchev–Trinajstić information content (AvgIpc) is 1.61. The largest absolute Gasteiger partial charge is 0.333 e. The van der Waals surface area contributed by atoms with E-state index in [1.807, 2.05) is 6.92 Å². The van der Waals surface area contributed by atoms with Gasteiger partial charge in [-0.15, -0.1) is 0 Å². The summed E-state index contributed by atoms with van der Waals surface area (Å²) in [5.74, 6) is -0.280. The van der Waals surface area contributed by atoms with Crippen molar-refractivity contribution in [1.29, 1.82) is 0 Å². The zero-order chi connectivity index (χ0) is 5.70. The van der Waals surface area contributed by atoms with Crippen LogP contribution in [0, 0.1) is 6.92 Å². The van der Waals surface area contributed by atoms with Gasteiger partial charge in [-0.3, -0.25) is 4.79 Å². The van der Waals surface area contributed by atoms with Crippen molar-refractivity contribution in [3.63, 3.8) is 0 Å². The molecule has 2 nitrogen and oxygen atoms in total. The van der Waals surface area contributed by atoms with Gasteiger partial charge in [-0.25, -0.2) is 0 Å². The molecule has 0 aliphatic rings. The molecule has 0 aliphatic heterocycles. The molecule has 0 unspecified atom stereocenters. The molecule has 0 spiro atoms. The summed E-state index contributed by atoms with van der Waals surface area (Å²) in [6, 6.07) is 0. The van der Waals surface area contributed by atoms with Crippen LogP contribution in [0.25, 0.3) is 0 Å². The molecule has 1 amide bonds. The van der Waals surface area contributed by atoms with Gasteiger partial charge in [-0.1, -0.05) is 6.08 Å². The highest BCUT2D eigenvalue weighted by Gasteiger charge is 1.77. The molecule has 0 rings (SSSR count). The van der Waals surface area contributed by atoms with E-state index in [0.717, 1.165) is 0 Å². The minimum Gasteiger partial charge on any atom is -0.333 e. The van der Waals surface area contributed by atoms with Crippen LogP contribution in [0.1, 0.15) is 6.92 Å². The minimum atomic E-state index is -0.280. The third-order valence-electron chi connectivity index (χ3n) is 0.411. The molecule has 0 saturated carbocycles. The van der Waals surface area contributed by atoms with Crippen LogP contribution >= 0.6 is 0 Å². The van der Waals surface area contributed by atoms with Gasteiger partial charge in [0.05, 0.1) is 0 Å². The Morgan fingerprint density at radius 2 is 2.43 bits per heavy atom. The van der Waals surface area contributed by atoms with E-state index in [9.17, 15) is 4.79 Å². The SMILES string of the molecule is [CH2]C(=O)NC=CC. The quantitative estimate of drug-likeness (QED) is 0.507. The molecule has 1 radical (unpaired) electrons. The molecule has 0 heterocycles. The number of carbonyl (C=O) groups excluding carboxylic acids is 1. The molecule has 2 heteroatoms. The summed E-state index contributed by atoms with van der Waals surface area (Å²) >= 11 is 0. The zero-order valence-corrected chi connectivity index (χ0v) is 4.27. The maximum atomic E-state index is 9.93. The summed E-state index contributed by atoms with van der Waals surface area (Å²) in [4.78, 5) is 9.93. The fraction of sp³-hybridized carbons (Fsp3) is 0.200. The van der Waals surface area contributed by atoms with Gasteiger partial charge < -0.3 is 5.32 Å². The Labute approximate surface area is 43.2 Å². The molecule has 0 bridgehead atoms. The molecule has 7 heavy (non-hydrogen) atoms. The zero-order valence-electron chi connectivity index (χ0n) is 4.27. The summed E-state index contributed by atoms with van der Waals surface area (Å²) in [6.07, 6.45) is 3.26. The van der Waals surface area contributed by atoms with E-state index in [0.29, 0.717) is 0 Å². The smallest absolute Gasteiger partial charge is 0.224 e. The summed E-state index contributed by atoms with van der Waals surface area (Å²) in [5, 5.41) is 2.36. The third-order valence-corrected chi connectivity index (χ3v) is 0.411. The van der Waals surface area contributed by atoms with Crippen LogP contribution < -0.4 is 5.32 Å². The lowest BCUT2D eigenvalue weighted by atomic mass is 10.6. The Bertz CT molecular complexity index is 86.1. The van der Waals surface area contributed by atoms with Crippen LogP contribution in [0.2, 0.25) is 0 Å². The second kappa shape index (κ2) is 3.40. The van der Waals surface area contributed by atoms with Crippen molar-refractivity contribution in [2.24, 2.45) is 0 Å². The van der Waals surface area contributed by atoms with Gasteiger partial charge in [0.2, 0.25) is 5.91 Å². The molecule has 0 fully saturated rings. The third kappa shape index (κ3) is 5.21. The van der Waals surface area contributed by atoms with Crippen LogP contribution in [0.4, 0.5) is 0 Å². The van der Waals surface area contributed by atoms with Crippen LogP contribution in [0.3, 0.4) is 0 Å². The lowest BCUT2D eigenvalue weighted by Crippen LogP contribution is -2.11. The highest BCUT2D eigenvalue weighted by atomic mass is 16.1. The lowest BCUT2D eigenvalue weighted by molar-refractivity contribution is -0.115. The van der Waals surface area contributed by atoms with E-state index in [-0.39, 0.29) is 5.91 Å². The molecule has 0 aromatic heterocycles. The van der Waals surface area contributed by atoms with Gasteiger partial charge in [0.1, 0.15) is 0 Å². The number of carbonyl (C=O) groups is 1. The number of hydrogen-bond donors (Lipinski definition) is 1. The normalized spacial score (nSPS) is 9.43. The van der Waals surface area contributed by atoms with Crippen molar-refractivity contribution in [2.75, 3.05) is 0 Å². The molecule has 0 aromatic rings. The second-order valence-corrected chi connectivity index (χ2v) is 1.07. The molecule has 39 valence electrons. The van der Waals surface area contributed by atoms with Gasteiger partial charge in [0.15, 0.2) is 0 Å². The maximum absolute atomic E-state index is 9.93. The van der Waals surface area contributed by atoms with E-state index in [1.54, 1.807) is 6.08 Å². The second-order valence-electron chi connectivity index (χ2n) is 1.07. The average molecular weight is 98.1 g/mol. The fourth-order valence-corrected chi connectivity index (χ4v) is 0.176. The number of hydrogen-bond acceptors (Lipinski definition) is 1. The van der Waals surface area contributed by atoms with Crippen molar-refractivity contribution in [2.45, 2.75) is 6.92 Å². The van der Waals surface area contributed by atoms with Crippen LogP contribution in [0.15, 0.2) is 12.3 Å². The predicted octanol–water partition coefficient (Wildman–Crippen LogP) is 0.470. The molecular weight excluding hydrogens is 90.1 g/mol. The van der Waals surface area contributed by atoms with Crippen LogP contribution in [0.5, 0.6) is 0 Å². The standard InChI is InChI=1S/C5H8NO/c1-3-4-6-5(2)7/h3-4H,2H2,1H3,(H,6,7). The Hall–Kier alpha value is -0.790. The first-order valence-electron chi connectivity index (χ1n) is 2.01. The van der Waals surface area contributed by atoms with Crippen LogP contribution in [-0.2, 0) is 4.79 Å². The molecule has 0 saturated heterocycles. The van der Waals surface area contributed by atoms with Gasteiger partial charge in [0.25, 0.3) is 0 Å². The molecule has 0 atom stereocenters. The van der Waals surface area contributed by atoms with Crippen molar-refractivity contribution >= 4 is 5.91 Å². The Balaban J connectivity index is 3.14. The van der Waals surface area contributed by atoms with Crippen molar-refractivity contribution < 1.29 is 4.79 Å². The Morgan fingerprint density at radius 1 is 1.86 bits per heavy atom. The van der Waals surface area contributed by atoms with Crippen LogP contribution in [-0.4, -0.2) is 5.91 Å². The molecular formula is C5H8NO. The first kappa shape index (κ1) is 6.21. The summed E-state index contributed by atoms with van der Waals surface area (Å²) in [6.45, 7) is 4.89. The van der Waals surface area contributed by atoms with Gasteiger partial charge in [-0.2, -0.15) is 0 Å². The Kier molecular flexibility index (Phi) is 3.02. The van der Waals surface area contributed by atoms with Crippen molar-refractivity contribution in [1.82, 2.24) is 5.32 Å². The number of amides is 1. The maximum Gasteiger partial charge on any atom is 0.224 e. The van der Waals surface area contributed by atoms with E-state index >= 15 is 0 Å². The highest BCUT2D eigenvalue weighted by Crippen LogP contribution is 1.61. The minimum absolute atomic E-state index is 0.280. The van der Waals surface area contributed by atoms with E-state index in [2.05, 4.69) is 12.2 Å². The fourth-order valence-electron chi connectivity index (χ4n) is 0.176. The van der Waals surface area contributed by atoms with Gasteiger partial charge in [-0.05, 0) is 13.1 Å². The van der Waals surface area contributed by atoms with E-state index < -0.39 is 0 Å². The van der Waals surface area contributed by atoms with E-state index in [4.69, 9.17) is 0 Å². The first-order valence-corrected chi connectivity index (χ1v) is 2.01. The van der Waals surface area contributed by atoms with Gasteiger partial charge in [0, 0.05) is 6.92 Å². The monoisotopic (exact) mass is 98.1 g/mol. The van der Waals surface area contributed by atoms with Crippen molar-refractivity contribution in [3.05, 3.63) is 19.2 Å². The van der Waals surface area contributed by atoms with Gasteiger partial charge >= 0.3 is 0 Å². The van der Waals surface area contributed by atoms with E-state index in [1.165, 1.54) is 6.20 Å². The summed E-state index contributed by atoms with van der Waals surface area (Å²) in [7, 11) is 0. The molecule has 1 N–H and O–H groups in total. The van der Waals surface area contributed by atoms with Crippen molar-refractivity contribution in [3.8, 4) is 0 Å². The number of nitrogens with one attached hydrogen (secondary N) is 1. The number of allylic oxidation sites excluding steroid dienone is 1. The molecule has 0 aromatic carbocycles. The summed E-state index contributed by atoms with van der Waals surface area (Å²) in [5.41, 5.74) is 0. The summed E-state index contributed by atoms with van der Waals surface area (Å²) < 4.78 is 0. The lowest BCUT2D eigenvalue weighted by Gasteiger charge is -1.85. The highest BCUT2D eigenvalue weighted by molar-refractivity contribution is 5.80. The topological polar surface area (TPSA) is 29.1 Å². The predicted molar refractivity (Wildman–Crippen MR) is 28.3 cm³/mol. The Morgan fingerprint density at radius 3 is 2.57 bits per heavy atom. The first-order chi connectivity index (χ1) is 3.27. The molecule has 0 aliphatic carbocycles. The number of rotatable bonds is 1.